The van der Waals surface area contributed by atoms with E-state index in [1.165, 1.54) is 9.58 Å². The molecule has 9 heteroatoms. The molecular formula is C19H19N5O4. The predicted octanol–water partition coefficient (Wildman–Crippen LogP) is 0.0997. The highest BCUT2D eigenvalue weighted by Crippen LogP contribution is 2.28. The Kier molecular flexibility index (Phi) is 4.21. The predicted molar refractivity (Wildman–Crippen MR) is 97.1 cm³/mol. The molecule has 2 aromatic rings. The molecule has 0 aliphatic carbocycles. The summed E-state index contributed by atoms with van der Waals surface area (Å²) in [6.45, 7) is 2.42. The highest BCUT2D eigenvalue weighted by atomic mass is 16.2. The smallest absolute Gasteiger partial charge is 0.266 e. The number of carbonyl (C=O) groups is 4. The normalized spacial score (nSPS) is 19.0. The molecule has 9 nitrogen and oxygen atoms in total. The summed E-state index contributed by atoms with van der Waals surface area (Å²) < 4.78 is 1.54. The molecule has 0 saturated carbocycles. The molecule has 1 aromatic heterocycles. The first-order chi connectivity index (χ1) is 13.3. The van der Waals surface area contributed by atoms with Crippen LogP contribution < -0.4 is 11.1 Å². The third-order valence-corrected chi connectivity index (χ3v) is 5.07. The van der Waals surface area contributed by atoms with Gasteiger partial charge in [0, 0.05) is 18.5 Å². The summed E-state index contributed by atoms with van der Waals surface area (Å²) in [6, 6.07) is 6.38. The molecule has 3 heterocycles. The van der Waals surface area contributed by atoms with Crippen molar-refractivity contribution in [3.05, 3.63) is 52.3 Å². The molecule has 1 fully saturated rings. The van der Waals surface area contributed by atoms with Crippen molar-refractivity contribution in [2.24, 2.45) is 5.73 Å². The maximum absolute atomic E-state index is 12.7. The third kappa shape index (κ3) is 3.04. The maximum atomic E-state index is 12.7. The average molecular weight is 381 g/mol. The van der Waals surface area contributed by atoms with Crippen LogP contribution in [0.3, 0.4) is 0 Å². The molecule has 1 unspecified atom stereocenters. The molecule has 4 rings (SSSR count). The Labute approximate surface area is 160 Å². The first-order valence-electron chi connectivity index (χ1n) is 8.94. The second-order valence-corrected chi connectivity index (χ2v) is 7.08. The van der Waals surface area contributed by atoms with Crippen LogP contribution in [-0.2, 0) is 22.7 Å². The zero-order valence-corrected chi connectivity index (χ0v) is 15.3. The number of aryl methyl sites for hydroxylation is 1. The van der Waals surface area contributed by atoms with E-state index in [0.717, 1.165) is 11.1 Å². The molecule has 1 saturated heterocycles. The highest BCUT2D eigenvalue weighted by Gasteiger charge is 2.39. The van der Waals surface area contributed by atoms with E-state index in [2.05, 4.69) is 10.4 Å². The molecular weight excluding hydrogens is 362 g/mol. The number of primary amides is 1. The molecule has 1 atom stereocenters. The van der Waals surface area contributed by atoms with Gasteiger partial charge in [0.2, 0.25) is 11.8 Å². The number of carbonyl (C=O) groups excluding carboxylic acids is 4. The summed E-state index contributed by atoms with van der Waals surface area (Å²) in [5.41, 5.74) is 8.62. The fourth-order valence-corrected chi connectivity index (χ4v) is 3.76. The van der Waals surface area contributed by atoms with Crippen LogP contribution in [0, 0.1) is 6.92 Å². The minimum Gasteiger partial charge on any atom is -0.364 e. The Morgan fingerprint density at radius 1 is 1.29 bits per heavy atom. The van der Waals surface area contributed by atoms with E-state index in [1.54, 1.807) is 25.1 Å². The largest absolute Gasteiger partial charge is 0.364 e. The molecule has 0 radical (unpaired) electrons. The molecule has 0 bridgehead atoms. The van der Waals surface area contributed by atoms with Gasteiger partial charge < -0.3 is 10.6 Å². The van der Waals surface area contributed by atoms with E-state index in [-0.39, 0.29) is 18.2 Å². The van der Waals surface area contributed by atoms with Crippen LogP contribution in [0.4, 0.5) is 0 Å². The molecule has 4 amide bonds. The fourth-order valence-electron chi connectivity index (χ4n) is 3.76. The molecule has 3 N–H and O–H groups in total. The van der Waals surface area contributed by atoms with Crippen molar-refractivity contribution in [3.8, 4) is 0 Å². The second kappa shape index (κ2) is 6.59. The minimum atomic E-state index is -0.642. The Morgan fingerprint density at radius 3 is 2.79 bits per heavy atom. The van der Waals surface area contributed by atoms with Crippen LogP contribution in [-0.4, -0.2) is 44.4 Å². The summed E-state index contributed by atoms with van der Waals surface area (Å²) in [5, 5.41) is 6.58. The number of aromatic nitrogens is 2. The van der Waals surface area contributed by atoms with E-state index < -0.39 is 17.9 Å². The van der Waals surface area contributed by atoms with Crippen molar-refractivity contribution in [3.63, 3.8) is 0 Å². The lowest BCUT2D eigenvalue weighted by Crippen LogP contribution is -2.52. The Bertz CT molecular complexity index is 1030. The van der Waals surface area contributed by atoms with Gasteiger partial charge in [-0.25, -0.2) is 0 Å². The number of hydrogen-bond donors (Lipinski definition) is 2. The van der Waals surface area contributed by atoms with Gasteiger partial charge in [-0.3, -0.25) is 29.2 Å². The summed E-state index contributed by atoms with van der Waals surface area (Å²) in [7, 11) is 0. The molecule has 1 aromatic carbocycles. The van der Waals surface area contributed by atoms with Gasteiger partial charge in [-0.1, -0.05) is 12.1 Å². The van der Waals surface area contributed by atoms with Gasteiger partial charge in [-0.15, -0.1) is 0 Å². The number of piperidine rings is 1. The van der Waals surface area contributed by atoms with Crippen LogP contribution >= 0.6 is 0 Å². The minimum absolute atomic E-state index is 0.219. The number of nitrogens with zero attached hydrogens (tertiary/aromatic N) is 3. The molecule has 144 valence electrons. The van der Waals surface area contributed by atoms with Crippen molar-refractivity contribution in [1.82, 2.24) is 20.0 Å². The van der Waals surface area contributed by atoms with Crippen LogP contribution in [0.25, 0.3) is 0 Å². The lowest BCUT2D eigenvalue weighted by atomic mass is 10.0. The zero-order chi connectivity index (χ0) is 20.0. The molecule has 2 aliphatic rings. The van der Waals surface area contributed by atoms with Gasteiger partial charge in [0.25, 0.3) is 11.8 Å². The van der Waals surface area contributed by atoms with Crippen molar-refractivity contribution in [2.45, 2.75) is 38.9 Å². The van der Waals surface area contributed by atoms with E-state index in [1.807, 2.05) is 6.07 Å². The quantitative estimate of drug-likeness (QED) is 0.726. The third-order valence-electron chi connectivity index (χ3n) is 5.07. The number of rotatable bonds is 4. The molecule has 28 heavy (non-hydrogen) atoms. The van der Waals surface area contributed by atoms with Crippen LogP contribution in [0.15, 0.2) is 24.3 Å². The Balaban J connectivity index is 1.57. The van der Waals surface area contributed by atoms with Crippen molar-refractivity contribution in [1.29, 1.82) is 0 Å². The van der Waals surface area contributed by atoms with Crippen molar-refractivity contribution in [2.75, 3.05) is 0 Å². The standard InChI is InChI=1S/C19H19N5O4/c1-10-6-15(17(20)26)24(22-10)8-11-2-3-13-12(7-11)9-23(19(13)28)14-4-5-16(25)21-18(14)27/h2-3,6-7,14H,4-5,8-9H2,1H3,(H2,20,26)(H,21,25,27). The van der Waals surface area contributed by atoms with Crippen LogP contribution in [0.1, 0.15) is 50.5 Å². The topological polar surface area (TPSA) is 127 Å². The van der Waals surface area contributed by atoms with E-state index in [9.17, 15) is 19.2 Å². The fraction of sp³-hybridized carbons (Fsp3) is 0.316. The molecule has 0 spiro atoms. The van der Waals surface area contributed by atoms with Gasteiger partial charge in [0.1, 0.15) is 11.7 Å². The van der Waals surface area contributed by atoms with E-state index >= 15 is 0 Å². The first-order valence-corrected chi connectivity index (χ1v) is 8.94. The lowest BCUT2D eigenvalue weighted by molar-refractivity contribution is -0.136. The SMILES string of the molecule is Cc1cc(C(N)=O)n(Cc2ccc3c(c2)CN(C2CCC(=O)NC2=O)C3=O)n1. The maximum Gasteiger partial charge on any atom is 0.266 e. The van der Waals surface area contributed by atoms with Gasteiger partial charge >= 0.3 is 0 Å². The van der Waals surface area contributed by atoms with Crippen molar-refractivity contribution < 1.29 is 19.2 Å². The number of nitrogens with two attached hydrogens (primary N) is 1. The average Bonchev–Trinajstić information content (AvgIpc) is 3.15. The number of benzene rings is 1. The van der Waals surface area contributed by atoms with E-state index in [0.29, 0.717) is 36.5 Å². The van der Waals surface area contributed by atoms with Gasteiger partial charge in [0.05, 0.1) is 12.2 Å². The number of amides is 4. The monoisotopic (exact) mass is 381 g/mol. The van der Waals surface area contributed by atoms with Gasteiger partial charge in [-0.05, 0) is 36.6 Å². The summed E-state index contributed by atoms with van der Waals surface area (Å²) in [5.74, 6) is -1.52. The van der Waals surface area contributed by atoms with E-state index in [4.69, 9.17) is 5.73 Å². The van der Waals surface area contributed by atoms with Crippen LogP contribution in [0.2, 0.25) is 0 Å². The summed E-state index contributed by atoms with van der Waals surface area (Å²) >= 11 is 0. The second-order valence-electron chi connectivity index (χ2n) is 7.08. The number of fused-ring (bicyclic) bond motifs is 1. The Hall–Kier alpha value is -3.49. The number of hydrogen-bond acceptors (Lipinski definition) is 5. The number of imide groups is 1. The van der Waals surface area contributed by atoms with Gasteiger partial charge in [0.15, 0.2) is 0 Å². The highest BCUT2D eigenvalue weighted by molar-refractivity contribution is 6.05. The van der Waals surface area contributed by atoms with Crippen molar-refractivity contribution >= 4 is 23.6 Å². The first kappa shape index (κ1) is 17.9. The molecule has 2 aliphatic heterocycles. The number of nitrogens with one attached hydrogen (secondary N) is 1. The van der Waals surface area contributed by atoms with Crippen LogP contribution in [0.5, 0.6) is 0 Å². The summed E-state index contributed by atoms with van der Waals surface area (Å²) in [4.78, 5) is 49.3. The summed E-state index contributed by atoms with van der Waals surface area (Å²) in [6.07, 6.45) is 0.544. The Morgan fingerprint density at radius 2 is 2.07 bits per heavy atom. The van der Waals surface area contributed by atoms with Gasteiger partial charge in [-0.2, -0.15) is 5.10 Å². The zero-order valence-electron chi connectivity index (χ0n) is 15.3. The lowest BCUT2D eigenvalue weighted by Gasteiger charge is -2.29.